The van der Waals surface area contributed by atoms with Crippen molar-refractivity contribution in [3.63, 3.8) is 0 Å². The molecular weight excluding hydrogens is 332 g/mol. The molecule has 2 N–H and O–H groups in total. The van der Waals surface area contributed by atoms with Crippen LogP contribution in [0.4, 0.5) is 4.79 Å². The smallest absolute Gasteiger partial charge is 0.317 e. The number of carbonyl (C=O) groups is 2. The molecule has 8 heteroatoms. The Hall–Kier alpha value is -2.90. The van der Waals surface area contributed by atoms with Crippen LogP contribution in [-0.2, 0) is 18.4 Å². The van der Waals surface area contributed by atoms with Gasteiger partial charge in [-0.3, -0.25) is 14.5 Å². The molecule has 3 heterocycles. The highest BCUT2D eigenvalue weighted by Crippen LogP contribution is 2.27. The second-order valence-corrected chi connectivity index (χ2v) is 6.68. The van der Waals surface area contributed by atoms with Crippen LogP contribution in [0.1, 0.15) is 29.8 Å². The minimum Gasteiger partial charge on any atom is -0.351 e. The third-order valence-electron chi connectivity index (χ3n) is 4.63. The molecule has 0 aliphatic carbocycles. The Morgan fingerprint density at radius 1 is 1.27 bits per heavy atom. The van der Waals surface area contributed by atoms with Crippen LogP contribution < -0.4 is 10.6 Å². The zero-order chi connectivity index (χ0) is 18.7. The maximum Gasteiger partial charge on any atom is 0.317 e. The van der Waals surface area contributed by atoms with Crippen LogP contribution in [0.3, 0.4) is 0 Å². The molecule has 2 aromatic heterocycles. The van der Waals surface area contributed by atoms with E-state index in [0.29, 0.717) is 19.6 Å². The van der Waals surface area contributed by atoms with Crippen LogP contribution in [0.15, 0.2) is 30.6 Å². The number of nitrogens with one attached hydrogen (secondary N) is 2. The van der Waals surface area contributed by atoms with Gasteiger partial charge < -0.3 is 15.5 Å². The van der Waals surface area contributed by atoms with Crippen molar-refractivity contribution >= 4 is 11.9 Å². The topological polar surface area (TPSA) is 92.2 Å². The molecule has 3 amide bonds. The molecule has 1 aliphatic heterocycles. The number of nitrogens with zero attached hydrogens (tertiary/aromatic N) is 4. The first kappa shape index (κ1) is 17.9. The van der Waals surface area contributed by atoms with E-state index in [1.807, 2.05) is 32.2 Å². The van der Waals surface area contributed by atoms with Crippen LogP contribution in [0.5, 0.6) is 0 Å². The lowest BCUT2D eigenvalue weighted by atomic mass is 9.99. The molecule has 0 radical (unpaired) electrons. The average Bonchev–Trinajstić information content (AvgIpc) is 3.18. The van der Waals surface area contributed by atoms with E-state index in [1.165, 1.54) is 6.92 Å². The molecule has 2 aromatic rings. The largest absolute Gasteiger partial charge is 0.351 e. The first-order valence-electron chi connectivity index (χ1n) is 8.63. The summed E-state index contributed by atoms with van der Waals surface area (Å²) in [5, 5.41) is 10.1. The Bertz CT molecular complexity index is 802. The first-order valence-corrected chi connectivity index (χ1v) is 8.63. The van der Waals surface area contributed by atoms with Crippen molar-refractivity contribution in [3.05, 3.63) is 47.5 Å². The predicted molar refractivity (Wildman–Crippen MR) is 96.3 cm³/mol. The van der Waals surface area contributed by atoms with Crippen LogP contribution in [-0.4, -0.2) is 50.7 Å². The van der Waals surface area contributed by atoms with Crippen LogP contribution >= 0.6 is 0 Å². The van der Waals surface area contributed by atoms with Gasteiger partial charge in [-0.15, -0.1) is 0 Å². The fourth-order valence-corrected chi connectivity index (χ4v) is 3.40. The van der Waals surface area contributed by atoms with Gasteiger partial charge in [0.1, 0.15) is 0 Å². The summed E-state index contributed by atoms with van der Waals surface area (Å²) in [5.41, 5.74) is 2.92. The summed E-state index contributed by atoms with van der Waals surface area (Å²) in [4.78, 5) is 30.1. The number of amides is 3. The molecule has 2 atom stereocenters. The van der Waals surface area contributed by atoms with Crippen LogP contribution in [0.25, 0.3) is 0 Å². The minimum absolute atomic E-state index is 0.00856. The molecule has 26 heavy (non-hydrogen) atoms. The van der Waals surface area contributed by atoms with E-state index in [4.69, 9.17) is 0 Å². The molecule has 0 spiro atoms. The number of carbonyl (C=O) groups excluding carboxylic acids is 2. The maximum absolute atomic E-state index is 12.6. The normalized spacial score (nSPS) is 19.4. The third kappa shape index (κ3) is 4.01. The molecule has 0 unspecified atom stereocenters. The van der Waals surface area contributed by atoms with Crippen molar-refractivity contribution in [2.24, 2.45) is 7.05 Å². The fraction of sp³-hybridized carbons (Fsp3) is 0.444. The molecule has 138 valence electrons. The molecule has 1 fully saturated rings. The number of pyridine rings is 1. The molecule has 8 nitrogen and oxygen atoms in total. The van der Waals surface area contributed by atoms with E-state index < -0.39 is 0 Å². The van der Waals surface area contributed by atoms with Gasteiger partial charge in [0.15, 0.2) is 0 Å². The Kier molecular flexibility index (Phi) is 5.20. The molecule has 1 saturated heterocycles. The summed E-state index contributed by atoms with van der Waals surface area (Å²) in [6, 6.07) is 5.50. The Morgan fingerprint density at radius 3 is 2.73 bits per heavy atom. The molecule has 0 aromatic carbocycles. The number of hydrogen-bond acceptors (Lipinski definition) is 4. The molecule has 0 saturated carbocycles. The van der Waals surface area contributed by atoms with E-state index >= 15 is 0 Å². The van der Waals surface area contributed by atoms with Gasteiger partial charge in [-0.1, -0.05) is 0 Å². The van der Waals surface area contributed by atoms with Gasteiger partial charge in [-0.05, 0) is 30.7 Å². The number of likely N-dealkylation sites (tertiary alicyclic amines) is 1. The van der Waals surface area contributed by atoms with E-state index in [0.717, 1.165) is 17.0 Å². The maximum atomic E-state index is 12.6. The highest BCUT2D eigenvalue weighted by Gasteiger charge is 2.38. The monoisotopic (exact) mass is 356 g/mol. The average molecular weight is 356 g/mol. The second kappa shape index (κ2) is 7.55. The first-order chi connectivity index (χ1) is 12.4. The van der Waals surface area contributed by atoms with Gasteiger partial charge in [0.05, 0.1) is 18.3 Å². The van der Waals surface area contributed by atoms with Crippen molar-refractivity contribution in [1.29, 1.82) is 0 Å². The van der Waals surface area contributed by atoms with Crippen LogP contribution in [0.2, 0.25) is 0 Å². The number of rotatable bonds is 4. The van der Waals surface area contributed by atoms with E-state index in [-0.39, 0.29) is 23.9 Å². The Morgan fingerprint density at radius 2 is 2.08 bits per heavy atom. The summed E-state index contributed by atoms with van der Waals surface area (Å²) in [7, 11) is 1.87. The fourth-order valence-electron chi connectivity index (χ4n) is 3.40. The molecule has 0 bridgehead atoms. The number of hydrogen-bond donors (Lipinski definition) is 2. The molecular formula is C18H24N6O2. The van der Waals surface area contributed by atoms with Crippen molar-refractivity contribution < 1.29 is 9.59 Å². The van der Waals surface area contributed by atoms with Gasteiger partial charge in [-0.2, -0.15) is 5.10 Å². The zero-order valence-electron chi connectivity index (χ0n) is 15.3. The second-order valence-electron chi connectivity index (χ2n) is 6.68. The van der Waals surface area contributed by atoms with Gasteiger partial charge in [-0.25, -0.2) is 4.79 Å². The number of aryl methyl sites for hydroxylation is 2. The SMILES string of the molecule is CC(=O)N[C@@H]1CN(C(=O)NCc2cc(C)ccn2)C[C@H]1c1ccnn1C. The summed E-state index contributed by atoms with van der Waals surface area (Å²) in [5.74, 6) is -0.0948. The van der Waals surface area contributed by atoms with Gasteiger partial charge >= 0.3 is 6.03 Å². The lowest BCUT2D eigenvalue weighted by molar-refractivity contribution is -0.119. The lowest BCUT2D eigenvalue weighted by Gasteiger charge is -2.18. The zero-order valence-corrected chi connectivity index (χ0v) is 15.3. The number of urea groups is 1. The highest BCUT2D eigenvalue weighted by molar-refractivity contribution is 5.76. The van der Waals surface area contributed by atoms with Crippen molar-refractivity contribution in [1.82, 2.24) is 30.3 Å². The van der Waals surface area contributed by atoms with E-state index in [2.05, 4.69) is 20.7 Å². The van der Waals surface area contributed by atoms with Gasteiger partial charge in [0.25, 0.3) is 0 Å². The highest BCUT2D eigenvalue weighted by atomic mass is 16.2. The van der Waals surface area contributed by atoms with E-state index in [1.54, 1.807) is 22.0 Å². The van der Waals surface area contributed by atoms with Crippen molar-refractivity contribution in [2.75, 3.05) is 13.1 Å². The summed E-state index contributed by atoms with van der Waals surface area (Å²) in [6.07, 6.45) is 3.46. The summed E-state index contributed by atoms with van der Waals surface area (Å²) in [6.45, 7) is 4.84. The molecule has 3 rings (SSSR count). The summed E-state index contributed by atoms with van der Waals surface area (Å²) < 4.78 is 1.79. The van der Waals surface area contributed by atoms with Crippen molar-refractivity contribution in [2.45, 2.75) is 32.4 Å². The predicted octanol–water partition coefficient (Wildman–Crippen LogP) is 0.937. The lowest BCUT2D eigenvalue weighted by Crippen LogP contribution is -2.42. The van der Waals surface area contributed by atoms with Crippen molar-refractivity contribution in [3.8, 4) is 0 Å². The quantitative estimate of drug-likeness (QED) is 0.853. The van der Waals surface area contributed by atoms with Gasteiger partial charge in [0.2, 0.25) is 5.91 Å². The number of aromatic nitrogens is 3. The standard InChI is InChI=1S/C18H24N6O2/c1-12-4-6-19-14(8-12)9-20-18(26)24-10-15(16(11-24)22-13(2)25)17-5-7-21-23(17)3/h4-8,15-16H,9-11H2,1-3H3,(H,20,26)(H,22,25)/t15-,16-/m1/s1. The Labute approximate surface area is 152 Å². The Balaban J connectivity index is 1.67. The van der Waals surface area contributed by atoms with Gasteiger partial charge in [0, 0.05) is 51.1 Å². The van der Waals surface area contributed by atoms with Crippen LogP contribution in [0, 0.1) is 6.92 Å². The third-order valence-corrected chi connectivity index (χ3v) is 4.63. The van der Waals surface area contributed by atoms with E-state index in [9.17, 15) is 9.59 Å². The minimum atomic E-state index is -0.159. The summed E-state index contributed by atoms with van der Waals surface area (Å²) >= 11 is 0. The molecule has 1 aliphatic rings.